The number of esters is 1. The monoisotopic (exact) mass is 324 g/mol. The van der Waals surface area contributed by atoms with E-state index in [0.717, 1.165) is 22.4 Å². The summed E-state index contributed by atoms with van der Waals surface area (Å²) in [6, 6.07) is 11.6. The van der Waals surface area contributed by atoms with Crippen LogP contribution in [0.2, 0.25) is 0 Å². The fourth-order valence-electron chi connectivity index (χ4n) is 2.26. The number of carbonyl (C=O) groups is 1. The molecule has 0 spiro atoms. The van der Waals surface area contributed by atoms with Crippen molar-refractivity contribution >= 4 is 18.0 Å². The topological polar surface area (TPSA) is 41.9 Å². The Bertz CT molecular complexity index is 747. The third-order valence-corrected chi connectivity index (χ3v) is 3.90. The molecular weight excluding hydrogens is 300 g/mol. The molecule has 0 saturated carbocycles. The highest BCUT2D eigenvalue weighted by molar-refractivity contribution is 5.92. The van der Waals surface area contributed by atoms with E-state index in [1.165, 1.54) is 5.56 Å². The Morgan fingerprint density at radius 1 is 1.04 bits per heavy atom. The maximum Gasteiger partial charge on any atom is 0.338 e. The minimum absolute atomic E-state index is 0.276. The summed E-state index contributed by atoms with van der Waals surface area (Å²) in [6.07, 6.45) is 1.75. The maximum atomic E-state index is 12.4. The third kappa shape index (κ3) is 4.44. The lowest BCUT2D eigenvalue weighted by Crippen LogP contribution is -2.09. The Labute approximate surface area is 143 Å². The molecule has 2 aromatic carbocycles. The van der Waals surface area contributed by atoms with Crippen molar-refractivity contribution < 1.29 is 9.53 Å². The molecule has 0 atom stereocenters. The van der Waals surface area contributed by atoms with Crippen LogP contribution in [0.4, 0.5) is 5.69 Å². The number of nitrogens with zero attached hydrogens (tertiary/aromatic N) is 2. The first-order valence-corrected chi connectivity index (χ1v) is 7.92. The number of carbonyl (C=O) groups excluding carboxylic acids is 1. The molecule has 2 rings (SSSR count). The number of rotatable bonds is 5. The second kappa shape index (κ2) is 7.77. The predicted molar refractivity (Wildman–Crippen MR) is 98.1 cm³/mol. The summed E-state index contributed by atoms with van der Waals surface area (Å²) >= 11 is 0. The molecule has 2 aromatic rings. The minimum atomic E-state index is -0.306. The molecular formula is C20H24N2O2. The average molecular weight is 324 g/mol. The van der Waals surface area contributed by atoms with E-state index in [2.05, 4.69) is 4.99 Å². The van der Waals surface area contributed by atoms with Crippen LogP contribution in [-0.2, 0) is 11.3 Å². The van der Waals surface area contributed by atoms with Gasteiger partial charge in [-0.3, -0.25) is 0 Å². The third-order valence-electron chi connectivity index (χ3n) is 3.90. The molecule has 0 aliphatic heterocycles. The van der Waals surface area contributed by atoms with Gasteiger partial charge in [-0.2, -0.15) is 0 Å². The fourth-order valence-corrected chi connectivity index (χ4v) is 2.26. The zero-order valence-electron chi connectivity index (χ0n) is 15.0. The van der Waals surface area contributed by atoms with Crippen LogP contribution in [0, 0.1) is 20.8 Å². The summed E-state index contributed by atoms with van der Waals surface area (Å²) in [5.41, 5.74) is 5.50. The van der Waals surface area contributed by atoms with E-state index in [1.54, 1.807) is 12.4 Å². The highest BCUT2D eigenvalue weighted by Crippen LogP contribution is 2.25. The first kappa shape index (κ1) is 17.7. The summed E-state index contributed by atoms with van der Waals surface area (Å²) in [5.74, 6) is -0.306. The molecule has 0 saturated heterocycles. The Balaban J connectivity index is 2.12. The lowest BCUT2D eigenvalue weighted by Gasteiger charge is -2.12. The van der Waals surface area contributed by atoms with Crippen LogP contribution in [-0.4, -0.2) is 31.3 Å². The summed E-state index contributed by atoms with van der Waals surface area (Å²) in [6.45, 7) is 6.20. The van der Waals surface area contributed by atoms with E-state index in [9.17, 15) is 4.79 Å². The van der Waals surface area contributed by atoms with E-state index >= 15 is 0 Å². The lowest BCUT2D eigenvalue weighted by atomic mass is 10.0. The molecule has 4 nitrogen and oxygen atoms in total. The number of hydrogen-bond acceptors (Lipinski definition) is 3. The van der Waals surface area contributed by atoms with Crippen LogP contribution in [0.15, 0.2) is 41.4 Å². The van der Waals surface area contributed by atoms with Crippen LogP contribution in [0.3, 0.4) is 0 Å². The van der Waals surface area contributed by atoms with Crippen molar-refractivity contribution in [2.45, 2.75) is 27.4 Å². The molecule has 0 unspecified atom stereocenters. The van der Waals surface area contributed by atoms with E-state index < -0.39 is 0 Å². The van der Waals surface area contributed by atoms with Gasteiger partial charge in [-0.05, 0) is 49.6 Å². The largest absolute Gasteiger partial charge is 0.457 e. The van der Waals surface area contributed by atoms with Crippen LogP contribution < -0.4 is 0 Å². The Morgan fingerprint density at radius 2 is 1.71 bits per heavy atom. The maximum absolute atomic E-state index is 12.4. The fraction of sp³-hybridized carbons (Fsp3) is 0.300. The van der Waals surface area contributed by atoms with Gasteiger partial charge < -0.3 is 9.64 Å². The predicted octanol–water partition coefficient (Wildman–Crippen LogP) is 4.19. The number of benzene rings is 2. The zero-order chi connectivity index (χ0) is 17.7. The standard InChI is InChI=1S/C20H24N2O2/c1-14-6-8-17(9-7-14)12-24-20(23)18-10-11-19(16(3)15(18)2)21-13-22(4)5/h6-11,13H,12H2,1-5H3. The summed E-state index contributed by atoms with van der Waals surface area (Å²) < 4.78 is 5.44. The van der Waals surface area contributed by atoms with Crippen molar-refractivity contribution in [2.75, 3.05) is 14.1 Å². The Hall–Kier alpha value is -2.62. The van der Waals surface area contributed by atoms with E-state index in [4.69, 9.17) is 4.74 Å². The van der Waals surface area contributed by atoms with Gasteiger partial charge in [-0.25, -0.2) is 9.79 Å². The highest BCUT2D eigenvalue weighted by atomic mass is 16.5. The van der Waals surface area contributed by atoms with Crippen LogP contribution in [0.1, 0.15) is 32.6 Å². The average Bonchev–Trinajstić information content (AvgIpc) is 2.55. The van der Waals surface area contributed by atoms with Gasteiger partial charge >= 0.3 is 5.97 Å². The van der Waals surface area contributed by atoms with Gasteiger partial charge in [0.1, 0.15) is 6.61 Å². The van der Waals surface area contributed by atoms with Gasteiger partial charge in [-0.1, -0.05) is 29.8 Å². The second-order valence-corrected chi connectivity index (χ2v) is 6.15. The van der Waals surface area contributed by atoms with E-state index in [-0.39, 0.29) is 12.6 Å². The molecule has 126 valence electrons. The SMILES string of the molecule is Cc1ccc(COC(=O)c2ccc(N=CN(C)C)c(C)c2C)cc1. The van der Waals surface area contributed by atoms with Gasteiger partial charge in [0, 0.05) is 14.1 Å². The van der Waals surface area contributed by atoms with Crippen molar-refractivity contribution in [1.82, 2.24) is 4.90 Å². The molecule has 0 radical (unpaired) electrons. The first-order chi connectivity index (χ1) is 11.4. The molecule has 4 heteroatoms. The van der Waals surface area contributed by atoms with Crippen LogP contribution >= 0.6 is 0 Å². The van der Waals surface area contributed by atoms with E-state index in [1.807, 2.05) is 70.1 Å². The molecule has 0 aliphatic rings. The molecule has 0 aliphatic carbocycles. The number of hydrogen-bond donors (Lipinski definition) is 0. The molecule has 0 N–H and O–H groups in total. The molecule has 0 amide bonds. The van der Waals surface area contributed by atoms with Crippen molar-refractivity contribution in [1.29, 1.82) is 0 Å². The molecule has 24 heavy (non-hydrogen) atoms. The number of ether oxygens (including phenoxy) is 1. The van der Waals surface area contributed by atoms with Gasteiger partial charge in [-0.15, -0.1) is 0 Å². The lowest BCUT2D eigenvalue weighted by molar-refractivity contribution is 0.0472. The quantitative estimate of drug-likeness (QED) is 0.470. The second-order valence-electron chi connectivity index (χ2n) is 6.15. The van der Waals surface area contributed by atoms with Gasteiger partial charge in [0.05, 0.1) is 17.6 Å². The Kier molecular flexibility index (Phi) is 5.74. The van der Waals surface area contributed by atoms with Crippen molar-refractivity contribution in [3.63, 3.8) is 0 Å². The van der Waals surface area contributed by atoms with Crippen molar-refractivity contribution in [3.05, 3.63) is 64.2 Å². The number of aliphatic imine (C=N–C) groups is 1. The molecule has 0 bridgehead atoms. The molecule has 0 fully saturated rings. The number of aryl methyl sites for hydroxylation is 1. The molecule has 0 heterocycles. The smallest absolute Gasteiger partial charge is 0.338 e. The summed E-state index contributed by atoms with van der Waals surface area (Å²) in [7, 11) is 3.84. The summed E-state index contributed by atoms with van der Waals surface area (Å²) in [5, 5.41) is 0. The van der Waals surface area contributed by atoms with Crippen LogP contribution in [0.25, 0.3) is 0 Å². The zero-order valence-corrected chi connectivity index (χ0v) is 15.0. The first-order valence-electron chi connectivity index (χ1n) is 7.92. The van der Waals surface area contributed by atoms with E-state index in [0.29, 0.717) is 5.56 Å². The van der Waals surface area contributed by atoms with Gasteiger partial charge in [0.15, 0.2) is 0 Å². The molecule has 0 aromatic heterocycles. The Morgan fingerprint density at radius 3 is 2.33 bits per heavy atom. The highest BCUT2D eigenvalue weighted by Gasteiger charge is 2.14. The van der Waals surface area contributed by atoms with Crippen molar-refractivity contribution in [2.24, 2.45) is 4.99 Å². The minimum Gasteiger partial charge on any atom is -0.457 e. The van der Waals surface area contributed by atoms with Crippen LogP contribution in [0.5, 0.6) is 0 Å². The van der Waals surface area contributed by atoms with Crippen molar-refractivity contribution in [3.8, 4) is 0 Å². The summed E-state index contributed by atoms with van der Waals surface area (Å²) in [4.78, 5) is 18.7. The van der Waals surface area contributed by atoms with Gasteiger partial charge in [0.25, 0.3) is 0 Å². The normalized spacial score (nSPS) is 10.9. The van der Waals surface area contributed by atoms with Gasteiger partial charge in [0.2, 0.25) is 0 Å².